The molecule has 0 amide bonds. The van der Waals surface area contributed by atoms with Gasteiger partial charge in [0, 0.05) is 6.42 Å². The summed E-state index contributed by atoms with van der Waals surface area (Å²) in [5.41, 5.74) is 0. The predicted octanol–water partition coefficient (Wildman–Crippen LogP) is 2.64. The summed E-state index contributed by atoms with van der Waals surface area (Å²) in [6.07, 6.45) is 6.14. The zero-order valence-corrected chi connectivity index (χ0v) is 11.9. The van der Waals surface area contributed by atoms with E-state index in [4.69, 9.17) is 9.47 Å². The van der Waals surface area contributed by atoms with Gasteiger partial charge in [-0.25, -0.2) is 0 Å². The smallest absolute Gasteiger partial charge is 0.316 e. The van der Waals surface area contributed by atoms with Crippen molar-refractivity contribution in [3.8, 4) is 0 Å². The van der Waals surface area contributed by atoms with Crippen LogP contribution in [-0.4, -0.2) is 30.1 Å². The van der Waals surface area contributed by atoms with Crippen molar-refractivity contribution in [1.29, 1.82) is 0 Å². The molecule has 2 aliphatic rings. The van der Waals surface area contributed by atoms with E-state index in [9.17, 15) is 9.59 Å². The Morgan fingerprint density at radius 1 is 1.21 bits per heavy atom. The first kappa shape index (κ1) is 14.5. The lowest BCUT2D eigenvalue weighted by Gasteiger charge is -2.23. The van der Waals surface area contributed by atoms with E-state index in [1.807, 2.05) is 0 Å². The van der Waals surface area contributed by atoms with E-state index in [1.54, 1.807) is 6.92 Å². The van der Waals surface area contributed by atoms with E-state index in [0.717, 1.165) is 38.5 Å². The van der Waals surface area contributed by atoms with Gasteiger partial charge in [-0.2, -0.15) is 0 Å². The molecule has 4 nitrogen and oxygen atoms in total. The van der Waals surface area contributed by atoms with Crippen LogP contribution in [0.5, 0.6) is 0 Å². The maximum Gasteiger partial charge on any atom is 0.316 e. The summed E-state index contributed by atoms with van der Waals surface area (Å²) in [5.74, 6) is -1.07. The number of hydrogen-bond acceptors (Lipinski definition) is 4. The molecule has 108 valence electrons. The Kier molecular flexibility index (Phi) is 4.97. The SMILES string of the molecule is CCCCCC1OC(=O)C(C)C(=O)CC2CCC1O2. The number of cyclic esters (lactones) is 1. The second-order valence-electron chi connectivity index (χ2n) is 5.74. The molecule has 0 N–H and O–H groups in total. The highest BCUT2D eigenvalue weighted by atomic mass is 16.6. The highest BCUT2D eigenvalue weighted by molar-refractivity contribution is 5.98. The van der Waals surface area contributed by atoms with Crippen molar-refractivity contribution in [2.24, 2.45) is 5.92 Å². The molecule has 19 heavy (non-hydrogen) atoms. The summed E-state index contributed by atoms with van der Waals surface area (Å²) in [6, 6.07) is 0. The van der Waals surface area contributed by atoms with Gasteiger partial charge < -0.3 is 9.47 Å². The fourth-order valence-corrected chi connectivity index (χ4v) is 2.86. The van der Waals surface area contributed by atoms with Gasteiger partial charge in [-0.05, 0) is 32.6 Å². The van der Waals surface area contributed by atoms with Crippen molar-refractivity contribution < 1.29 is 19.1 Å². The van der Waals surface area contributed by atoms with Gasteiger partial charge >= 0.3 is 5.97 Å². The summed E-state index contributed by atoms with van der Waals surface area (Å²) in [5, 5.41) is 0. The van der Waals surface area contributed by atoms with Crippen molar-refractivity contribution >= 4 is 11.8 Å². The second-order valence-corrected chi connectivity index (χ2v) is 5.74. The molecule has 4 heteroatoms. The number of ketones is 1. The molecule has 4 atom stereocenters. The lowest BCUT2D eigenvalue weighted by atomic mass is 9.97. The number of hydrogen-bond donors (Lipinski definition) is 0. The summed E-state index contributed by atoms with van der Waals surface area (Å²) in [7, 11) is 0. The normalized spacial score (nSPS) is 35.5. The van der Waals surface area contributed by atoms with E-state index >= 15 is 0 Å². The quantitative estimate of drug-likeness (QED) is 0.447. The fraction of sp³-hybridized carbons (Fsp3) is 0.867. The van der Waals surface area contributed by atoms with Gasteiger partial charge in [0.25, 0.3) is 0 Å². The fourth-order valence-electron chi connectivity index (χ4n) is 2.86. The molecule has 2 bridgehead atoms. The average molecular weight is 268 g/mol. The maximum absolute atomic E-state index is 12.0. The average Bonchev–Trinajstić information content (AvgIpc) is 2.85. The maximum atomic E-state index is 12.0. The minimum absolute atomic E-state index is 0.0103. The first-order valence-corrected chi connectivity index (χ1v) is 7.50. The lowest BCUT2D eigenvalue weighted by Crippen LogP contribution is -2.33. The molecule has 0 aliphatic carbocycles. The van der Waals surface area contributed by atoms with Gasteiger partial charge in [0.1, 0.15) is 17.8 Å². The molecule has 0 aromatic heterocycles. The van der Waals surface area contributed by atoms with E-state index < -0.39 is 5.92 Å². The van der Waals surface area contributed by atoms with Gasteiger partial charge in [0.05, 0.1) is 12.2 Å². The Morgan fingerprint density at radius 2 is 2.00 bits per heavy atom. The predicted molar refractivity (Wildman–Crippen MR) is 70.7 cm³/mol. The van der Waals surface area contributed by atoms with Crippen LogP contribution in [0.1, 0.15) is 58.8 Å². The highest BCUT2D eigenvalue weighted by Crippen LogP contribution is 2.31. The Balaban J connectivity index is 2.04. The van der Waals surface area contributed by atoms with Crippen LogP contribution < -0.4 is 0 Å². The van der Waals surface area contributed by atoms with Crippen LogP contribution in [0.25, 0.3) is 0 Å². The van der Waals surface area contributed by atoms with Crippen LogP contribution in [0, 0.1) is 5.92 Å². The first-order chi connectivity index (χ1) is 9.11. The van der Waals surface area contributed by atoms with E-state index in [1.165, 1.54) is 0 Å². The molecule has 2 fully saturated rings. The van der Waals surface area contributed by atoms with Crippen LogP contribution >= 0.6 is 0 Å². The number of esters is 1. The van der Waals surface area contributed by atoms with Crippen LogP contribution in [0.4, 0.5) is 0 Å². The van der Waals surface area contributed by atoms with Crippen LogP contribution in [0.2, 0.25) is 0 Å². The Labute approximate surface area is 114 Å². The van der Waals surface area contributed by atoms with E-state index in [0.29, 0.717) is 6.42 Å². The molecular weight excluding hydrogens is 244 g/mol. The Hall–Kier alpha value is -0.900. The summed E-state index contributed by atoms with van der Waals surface area (Å²) >= 11 is 0. The van der Waals surface area contributed by atoms with Crippen molar-refractivity contribution in [2.75, 3.05) is 0 Å². The minimum Gasteiger partial charge on any atom is -0.459 e. The van der Waals surface area contributed by atoms with Crippen LogP contribution in [0.3, 0.4) is 0 Å². The van der Waals surface area contributed by atoms with Crippen LogP contribution in [-0.2, 0) is 19.1 Å². The van der Waals surface area contributed by atoms with Crippen molar-refractivity contribution in [2.45, 2.75) is 77.1 Å². The molecule has 2 heterocycles. The van der Waals surface area contributed by atoms with Gasteiger partial charge in [0.2, 0.25) is 0 Å². The monoisotopic (exact) mass is 268 g/mol. The van der Waals surface area contributed by atoms with E-state index in [2.05, 4.69) is 6.92 Å². The van der Waals surface area contributed by atoms with Crippen molar-refractivity contribution in [3.05, 3.63) is 0 Å². The second kappa shape index (κ2) is 6.51. The number of carbonyl (C=O) groups excluding carboxylic acids is 2. The third kappa shape index (κ3) is 3.56. The van der Waals surface area contributed by atoms with Crippen LogP contribution in [0.15, 0.2) is 0 Å². The number of unbranched alkanes of at least 4 members (excludes halogenated alkanes) is 2. The number of rotatable bonds is 4. The molecule has 2 saturated heterocycles. The zero-order chi connectivity index (χ0) is 13.8. The number of ether oxygens (including phenoxy) is 2. The Bertz CT molecular complexity index is 339. The van der Waals surface area contributed by atoms with Crippen molar-refractivity contribution in [3.63, 3.8) is 0 Å². The molecule has 0 saturated carbocycles. The summed E-state index contributed by atoms with van der Waals surface area (Å²) < 4.78 is 11.4. The number of Topliss-reactive ketones (excluding diaryl/α,β-unsaturated/α-hetero) is 1. The van der Waals surface area contributed by atoms with Gasteiger partial charge in [-0.1, -0.05) is 19.8 Å². The molecule has 0 aromatic rings. The third-order valence-electron chi connectivity index (χ3n) is 4.18. The number of carbonyl (C=O) groups is 2. The molecule has 2 aliphatic heterocycles. The topological polar surface area (TPSA) is 52.6 Å². The van der Waals surface area contributed by atoms with Gasteiger partial charge in [0.15, 0.2) is 0 Å². The number of fused-ring (bicyclic) bond motifs is 2. The van der Waals surface area contributed by atoms with Crippen molar-refractivity contribution in [1.82, 2.24) is 0 Å². The lowest BCUT2D eigenvalue weighted by molar-refractivity contribution is -0.161. The molecular formula is C15H24O4. The third-order valence-corrected chi connectivity index (χ3v) is 4.18. The summed E-state index contributed by atoms with van der Waals surface area (Å²) in [4.78, 5) is 23.9. The standard InChI is InChI=1S/C15H24O4/c1-3-4-5-6-13-14-8-7-11(18-14)9-12(16)10(2)15(17)19-13/h10-11,13-14H,3-9H2,1-2H3. The molecule has 0 radical (unpaired) electrons. The van der Waals surface area contributed by atoms with E-state index in [-0.39, 0.29) is 30.1 Å². The zero-order valence-electron chi connectivity index (χ0n) is 11.9. The van der Waals surface area contributed by atoms with Gasteiger partial charge in [-0.15, -0.1) is 0 Å². The molecule has 4 unspecified atom stereocenters. The molecule has 2 rings (SSSR count). The first-order valence-electron chi connectivity index (χ1n) is 7.50. The minimum atomic E-state index is -0.642. The molecule has 0 aromatic carbocycles. The largest absolute Gasteiger partial charge is 0.459 e. The Morgan fingerprint density at radius 3 is 2.74 bits per heavy atom. The summed E-state index contributed by atoms with van der Waals surface area (Å²) in [6.45, 7) is 3.80. The van der Waals surface area contributed by atoms with Gasteiger partial charge in [-0.3, -0.25) is 9.59 Å². The highest BCUT2D eigenvalue weighted by Gasteiger charge is 2.39. The molecule has 0 spiro atoms.